The summed E-state index contributed by atoms with van der Waals surface area (Å²) in [7, 11) is 0. The molecule has 29 heavy (non-hydrogen) atoms. The Morgan fingerprint density at radius 2 is 1.83 bits per heavy atom. The normalized spacial score (nSPS) is 26.1. The Kier molecular flexibility index (Phi) is 4.39. The molecule has 5 rings (SSSR count). The smallest absolute Gasteiger partial charge is 0.242 e. The molecule has 2 saturated heterocycles. The minimum atomic E-state index is -0.273. The highest BCUT2D eigenvalue weighted by Gasteiger charge is 2.55. The van der Waals surface area contributed by atoms with Gasteiger partial charge in [0.1, 0.15) is 5.82 Å². The van der Waals surface area contributed by atoms with E-state index in [1.54, 1.807) is 28.0 Å². The molecule has 150 valence electrons. The van der Waals surface area contributed by atoms with Gasteiger partial charge in [-0.05, 0) is 30.0 Å². The first-order chi connectivity index (χ1) is 14.1. The summed E-state index contributed by atoms with van der Waals surface area (Å²) in [6.45, 7) is 0.511. The predicted octanol–water partition coefficient (Wildman–Crippen LogP) is 2.40. The maximum Gasteiger partial charge on any atom is 0.242 e. The molecule has 2 aromatic rings. The fourth-order valence-electron chi connectivity index (χ4n) is 4.84. The van der Waals surface area contributed by atoms with Crippen LogP contribution in [0.25, 0.3) is 11.1 Å². The fraction of sp³-hybridized carbons (Fsp3) is 0.391. The highest BCUT2D eigenvalue weighted by Crippen LogP contribution is 2.44. The first kappa shape index (κ1) is 18.3. The van der Waals surface area contributed by atoms with Crippen molar-refractivity contribution in [3.05, 3.63) is 59.9 Å². The number of carbonyl (C=O) groups is 2. The van der Waals surface area contributed by atoms with Gasteiger partial charge >= 0.3 is 0 Å². The van der Waals surface area contributed by atoms with Crippen LogP contribution in [0.15, 0.2) is 48.5 Å². The van der Waals surface area contributed by atoms with Crippen molar-refractivity contribution >= 4 is 11.8 Å². The van der Waals surface area contributed by atoms with Gasteiger partial charge in [-0.3, -0.25) is 9.59 Å². The van der Waals surface area contributed by atoms with Crippen LogP contribution in [-0.4, -0.2) is 58.5 Å². The van der Waals surface area contributed by atoms with Crippen LogP contribution >= 0.6 is 0 Å². The lowest BCUT2D eigenvalue weighted by molar-refractivity contribution is -0.167. The van der Waals surface area contributed by atoms with Crippen LogP contribution in [-0.2, 0) is 9.59 Å². The molecule has 3 fully saturated rings. The molecule has 3 aliphatic rings. The quantitative estimate of drug-likeness (QED) is 0.866. The van der Waals surface area contributed by atoms with Crippen molar-refractivity contribution in [1.29, 1.82) is 0 Å². The lowest BCUT2D eigenvalue weighted by Gasteiger charge is -2.58. The monoisotopic (exact) mass is 394 g/mol. The number of benzene rings is 2. The fourth-order valence-corrected chi connectivity index (χ4v) is 4.84. The summed E-state index contributed by atoms with van der Waals surface area (Å²) in [6, 6.07) is 13.9. The summed E-state index contributed by atoms with van der Waals surface area (Å²) in [5, 5.41) is 9.89. The number of fused-ring (bicyclic) bond motifs is 1. The number of aliphatic hydroxyl groups excluding tert-OH is 1. The van der Waals surface area contributed by atoms with Crippen LogP contribution in [0.1, 0.15) is 24.3 Å². The van der Waals surface area contributed by atoms with Gasteiger partial charge in [0, 0.05) is 23.9 Å². The third-order valence-electron chi connectivity index (χ3n) is 6.47. The highest BCUT2D eigenvalue weighted by molar-refractivity contribution is 5.89. The molecule has 5 nitrogen and oxygen atoms in total. The lowest BCUT2D eigenvalue weighted by atomic mass is 9.73. The minimum Gasteiger partial charge on any atom is -0.394 e. The van der Waals surface area contributed by atoms with E-state index in [-0.39, 0.29) is 54.7 Å². The second-order valence-corrected chi connectivity index (χ2v) is 8.24. The van der Waals surface area contributed by atoms with E-state index in [0.717, 1.165) is 24.0 Å². The molecular formula is C23H23FN2O3. The Labute approximate surface area is 168 Å². The maximum absolute atomic E-state index is 14.1. The number of carbonyl (C=O) groups excluding carboxylic acids is 2. The second-order valence-electron chi connectivity index (χ2n) is 8.24. The molecular weight excluding hydrogens is 371 g/mol. The molecule has 0 unspecified atom stereocenters. The number of hydrogen-bond donors (Lipinski definition) is 1. The summed E-state index contributed by atoms with van der Waals surface area (Å²) in [5.41, 5.74) is 2.33. The zero-order valence-electron chi connectivity index (χ0n) is 16.0. The van der Waals surface area contributed by atoms with Crippen LogP contribution < -0.4 is 0 Å². The minimum absolute atomic E-state index is 0.0339. The zero-order valence-corrected chi connectivity index (χ0v) is 16.0. The van der Waals surface area contributed by atoms with Crippen molar-refractivity contribution in [1.82, 2.24) is 9.80 Å². The molecule has 1 aliphatic carbocycles. The van der Waals surface area contributed by atoms with E-state index in [4.69, 9.17) is 0 Å². The maximum atomic E-state index is 14.1. The molecule has 0 radical (unpaired) electrons. The lowest BCUT2D eigenvalue weighted by Crippen LogP contribution is -2.73. The number of aliphatic hydroxyl groups is 1. The highest BCUT2D eigenvalue weighted by atomic mass is 19.1. The first-order valence-electron chi connectivity index (χ1n) is 10.1. The van der Waals surface area contributed by atoms with Crippen molar-refractivity contribution in [2.75, 3.05) is 19.7 Å². The van der Waals surface area contributed by atoms with Crippen LogP contribution in [0.5, 0.6) is 0 Å². The van der Waals surface area contributed by atoms with Crippen LogP contribution in [0.2, 0.25) is 0 Å². The molecule has 1 N–H and O–H groups in total. The average Bonchev–Trinajstić information content (AvgIpc) is 3.55. The van der Waals surface area contributed by atoms with Crippen molar-refractivity contribution in [3.63, 3.8) is 0 Å². The Morgan fingerprint density at radius 1 is 1.10 bits per heavy atom. The van der Waals surface area contributed by atoms with Crippen molar-refractivity contribution in [2.45, 2.75) is 30.8 Å². The topological polar surface area (TPSA) is 60.9 Å². The van der Waals surface area contributed by atoms with Gasteiger partial charge in [0.05, 0.1) is 25.2 Å². The molecule has 0 spiro atoms. The zero-order chi connectivity index (χ0) is 20.1. The standard InChI is InChI=1S/C23H23FN2O3/c24-18-4-2-1-3-17(18)14-5-7-15(8-6-14)22-19-11-25(23(29)16-9-10-16)12-21(28)26(19)20(22)13-27/h1-8,16,19-20,22,27H,9-13H2/t19-,20-,22+/m1/s1. The number of amides is 2. The van der Waals surface area contributed by atoms with Gasteiger partial charge in [-0.2, -0.15) is 0 Å². The number of piperazine rings is 1. The summed E-state index contributed by atoms with van der Waals surface area (Å²) in [5.74, 6) is -0.224. The van der Waals surface area contributed by atoms with Crippen molar-refractivity contribution in [2.24, 2.45) is 5.92 Å². The third kappa shape index (κ3) is 3.02. The molecule has 2 amide bonds. The Hall–Kier alpha value is -2.73. The molecule has 0 bridgehead atoms. The predicted molar refractivity (Wildman–Crippen MR) is 105 cm³/mol. The average molecular weight is 394 g/mol. The molecule has 1 saturated carbocycles. The molecule has 2 aliphatic heterocycles. The van der Waals surface area contributed by atoms with E-state index in [1.165, 1.54) is 6.07 Å². The SMILES string of the molecule is O=C(C1CC1)N1CC(=O)N2[C@H](CO)[C@@H](c3ccc(-c4ccccc4F)cc3)[C@H]2C1. The van der Waals surface area contributed by atoms with Gasteiger partial charge in [0.2, 0.25) is 11.8 Å². The Balaban J connectivity index is 1.40. The summed E-state index contributed by atoms with van der Waals surface area (Å²) in [6.07, 6.45) is 1.83. The summed E-state index contributed by atoms with van der Waals surface area (Å²) < 4.78 is 14.1. The largest absolute Gasteiger partial charge is 0.394 e. The third-order valence-corrected chi connectivity index (χ3v) is 6.47. The summed E-state index contributed by atoms with van der Waals surface area (Å²) in [4.78, 5) is 28.5. The Morgan fingerprint density at radius 3 is 2.48 bits per heavy atom. The van der Waals surface area contributed by atoms with Gasteiger partial charge in [-0.25, -0.2) is 4.39 Å². The number of nitrogens with zero attached hydrogens (tertiary/aromatic N) is 2. The number of hydrogen-bond acceptors (Lipinski definition) is 3. The Bertz CT molecular complexity index is 957. The first-order valence-corrected chi connectivity index (χ1v) is 10.1. The van der Waals surface area contributed by atoms with E-state index >= 15 is 0 Å². The van der Waals surface area contributed by atoms with Gasteiger partial charge in [-0.15, -0.1) is 0 Å². The van der Waals surface area contributed by atoms with E-state index in [9.17, 15) is 19.1 Å². The van der Waals surface area contributed by atoms with E-state index in [1.807, 2.05) is 24.3 Å². The van der Waals surface area contributed by atoms with Gasteiger partial charge in [-0.1, -0.05) is 42.5 Å². The molecule has 2 heterocycles. The summed E-state index contributed by atoms with van der Waals surface area (Å²) >= 11 is 0. The van der Waals surface area contributed by atoms with Crippen molar-refractivity contribution in [3.8, 4) is 11.1 Å². The van der Waals surface area contributed by atoms with E-state index in [0.29, 0.717) is 12.1 Å². The van der Waals surface area contributed by atoms with E-state index in [2.05, 4.69) is 0 Å². The number of rotatable bonds is 4. The van der Waals surface area contributed by atoms with Crippen molar-refractivity contribution < 1.29 is 19.1 Å². The van der Waals surface area contributed by atoms with Crippen LogP contribution in [0.4, 0.5) is 4.39 Å². The number of halogens is 1. The molecule has 2 aromatic carbocycles. The van der Waals surface area contributed by atoms with E-state index < -0.39 is 0 Å². The van der Waals surface area contributed by atoms with Gasteiger partial charge in [0.15, 0.2) is 0 Å². The van der Waals surface area contributed by atoms with Gasteiger partial charge < -0.3 is 14.9 Å². The van der Waals surface area contributed by atoms with Crippen LogP contribution in [0, 0.1) is 11.7 Å². The van der Waals surface area contributed by atoms with Crippen LogP contribution in [0.3, 0.4) is 0 Å². The van der Waals surface area contributed by atoms with Gasteiger partial charge in [0.25, 0.3) is 0 Å². The second kappa shape index (κ2) is 6.95. The molecule has 3 atom stereocenters. The molecule has 0 aromatic heterocycles. The molecule has 6 heteroatoms.